The molecule has 2 aliphatic carbocycles. The quantitative estimate of drug-likeness (QED) is 0.477. The van der Waals surface area contributed by atoms with E-state index in [0.29, 0.717) is 12.5 Å². The standard InChI is InChI=1S/C20H36N2O2S/c1-16(2)25(24)21-15-7-6-10-20(23)22-19-13-11-18(12-14-19)17-8-4-3-5-9-17/h11,16-17,19,21H,3-10,12-15H2,1-2H3,(H,22,23). The molecule has 5 heteroatoms. The molecule has 0 aromatic rings. The average molecular weight is 369 g/mol. The smallest absolute Gasteiger partial charge is 0.220 e. The van der Waals surface area contributed by atoms with Crippen LogP contribution in [0.4, 0.5) is 0 Å². The Morgan fingerprint density at radius 1 is 1.20 bits per heavy atom. The van der Waals surface area contributed by atoms with E-state index in [0.717, 1.165) is 38.1 Å². The Labute approximate surface area is 156 Å². The molecule has 0 heterocycles. The van der Waals surface area contributed by atoms with Gasteiger partial charge < -0.3 is 5.32 Å². The van der Waals surface area contributed by atoms with Crippen molar-refractivity contribution in [3.63, 3.8) is 0 Å². The summed E-state index contributed by atoms with van der Waals surface area (Å²) in [5.41, 5.74) is 1.66. The molecule has 2 atom stereocenters. The minimum Gasteiger partial charge on any atom is -0.353 e. The molecule has 1 saturated carbocycles. The second-order valence-corrected chi connectivity index (χ2v) is 9.68. The molecule has 25 heavy (non-hydrogen) atoms. The third-order valence-corrected chi connectivity index (χ3v) is 6.79. The van der Waals surface area contributed by atoms with Crippen LogP contribution in [0.5, 0.6) is 0 Å². The van der Waals surface area contributed by atoms with Crippen LogP contribution in [0.15, 0.2) is 11.6 Å². The predicted octanol–water partition coefficient (Wildman–Crippen LogP) is 3.99. The molecule has 0 aromatic carbocycles. The van der Waals surface area contributed by atoms with Crippen molar-refractivity contribution in [1.82, 2.24) is 10.0 Å². The zero-order valence-electron chi connectivity index (χ0n) is 16.0. The normalized spacial score (nSPS) is 23.3. The zero-order chi connectivity index (χ0) is 18.1. The molecule has 1 amide bonds. The molecule has 1 fully saturated rings. The highest BCUT2D eigenvalue weighted by atomic mass is 32.2. The van der Waals surface area contributed by atoms with Gasteiger partial charge in [-0.25, -0.2) is 8.93 Å². The van der Waals surface area contributed by atoms with Crippen LogP contribution >= 0.6 is 0 Å². The van der Waals surface area contributed by atoms with Crippen LogP contribution in [0.3, 0.4) is 0 Å². The van der Waals surface area contributed by atoms with Crippen molar-refractivity contribution in [2.45, 2.75) is 95.8 Å². The van der Waals surface area contributed by atoms with Gasteiger partial charge in [-0.15, -0.1) is 0 Å². The van der Waals surface area contributed by atoms with Gasteiger partial charge in [0.05, 0.1) is 11.0 Å². The topological polar surface area (TPSA) is 58.2 Å². The van der Waals surface area contributed by atoms with Gasteiger partial charge in [0, 0.05) is 24.3 Å². The maximum absolute atomic E-state index is 12.1. The number of rotatable bonds is 9. The van der Waals surface area contributed by atoms with Crippen LogP contribution in [0.1, 0.15) is 84.5 Å². The van der Waals surface area contributed by atoms with Crippen LogP contribution in [-0.4, -0.2) is 28.0 Å². The Kier molecular flexibility index (Phi) is 9.18. The lowest BCUT2D eigenvalue weighted by atomic mass is 9.79. The Morgan fingerprint density at radius 2 is 1.96 bits per heavy atom. The van der Waals surface area contributed by atoms with Crippen molar-refractivity contribution in [3.8, 4) is 0 Å². The van der Waals surface area contributed by atoms with Gasteiger partial charge in [0.2, 0.25) is 5.91 Å². The fraction of sp³-hybridized carbons (Fsp3) is 0.850. The first-order chi connectivity index (χ1) is 12.1. The summed E-state index contributed by atoms with van der Waals surface area (Å²) in [5, 5.41) is 3.34. The zero-order valence-corrected chi connectivity index (χ0v) is 16.8. The van der Waals surface area contributed by atoms with Crippen molar-refractivity contribution in [3.05, 3.63) is 11.6 Å². The molecule has 2 unspecified atom stereocenters. The summed E-state index contributed by atoms with van der Waals surface area (Å²) in [5.74, 6) is 0.999. The van der Waals surface area contributed by atoms with Crippen LogP contribution < -0.4 is 10.0 Å². The number of unbranched alkanes of at least 4 members (excludes halogenated alkanes) is 1. The van der Waals surface area contributed by atoms with Crippen LogP contribution in [0.2, 0.25) is 0 Å². The second-order valence-electron chi connectivity index (χ2n) is 7.85. The molecule has 2 N–H and O–H groups in total. The Bertz CT molecular complexity index is 470. The molecule has 4 nitrogen and oxygen atoms in total. The van der Waals surface area contributed by atoms with Gasteiger partial charge in [-0.1, -0.05) is 30.9 Å². The molecular formula is C20H36N2O2S. The maximum atomic E-state index is 12.1. The largest absolute Gasteiger partial charge is 0.353 e. The number of hydrogen-bond donors (Lipinski definition) is 2. The highest BCUT2D eigenvalue weighted by Crippen LogP contribution is 2.34. The van der Waals surface area contributed by atoms with Crippen LogP contribution in [0.25, 0.3) is 0 Å². The van der Waals surface area contributed by atoms with E-state index in [2.05, 4.69) is 16.1 Å². The van der Waals surface area contributed by atoms with Crippen molar-refractivity contribution >= 4 is 16.9 Å². The summed E-state index contributed by atoms with van der Waals surface area (Å²) < 4.78 is 14.6. The summed E-state index contributed by atoms with van der Waals surface area (Å²) in [6, 6.07) is 0.325. The van der Waals surface area contributed by atoms with Gasteiger partial charge in [-0.2, -0.15) is 0 Å². The number of nitrogens with one attached hydrogen (secondary N) is 2. The third-order valence-electron chi connectivity index (χ3n) is 5.44. The SMILES string of the molecule is CC(C)S(=O)NCCCCC(=O)NC1CC=C(C2CCCCC2)CC1. The first-order valence-electron chi connectivity index (χ1n) is 10.2. The summed E-state index contributed by atoms with van der Waals surface area (Å²) >= 11 is 0. The lowest BCUT2D eigenvalue weighted by Crippen LogP contribution is -2.36. The van der Waals surface area contributed by atoms with Gasteiger partial charge in [0.25, 0.3) is 0 Å². The molecule has 0 aliphatic heterocycles. The first-order valence-corrected chi connectivity index (χ1v) is 11.4. The number of amides is 1. The first kappa shape index (κ1) is 20.6. The predicted molar refractivity (Wildman–Crippen MR) is 106 cm³/mol. The van der Waals surface area contributed by atoms with E-state index in [1.165, 1.54) is 38.5 Å². The Hall–Kier alpha value is -0.680. The van der Waals surface area contributed by atoms with Gasteiger partial charge in [0.1, 0.15) is 0 Å². The van der Waals surface area contributed by atoms with Gasteiger partial charge in [-0.3, -0.25) is 4.79 Å². The van der Waals surface area contributed by atoms with Gasteiger partial charge in [-0.05, 0) is 64.7 Å². The molecule has 0 aromatic heterocycles. The van der Waals surface area contributed by atoms with Crippen molar-refractivity contribution < 1.29 is 9.00 Å². The minimum atomic E-state index is -0.954. The summed E-state index contributed by atoms with van der Waals surface area (Å²) in [6.45, 7) is 4.60. The summed E-state index contributed by atoms with van der Waals surface area (Å²) in [6.07, 6.45) is 14.9. The van der Waals surface area contributed by atoms with Crippen LogP contribution in [0, 0.1) is 5.92 Å². The van der Waals surface area contributed by atoms with E-state index in [4.69, 9.17) is 0 Å². The van der Waals surface area contributed by atoms with E-state index in [9.17, 15) is 9.00 Å². The lowest BCUT2D eigenvalue weighted by Gasteiger charge is -2.30. The molecule has 144 valence electrons. The van der Waals surface area contributed by atoms with E-state index in [1.807, 2.05) is 13.8 Å². The van der Waals surface area contributed by atoms with E-state index in [-0.39, 0.29) is 11.2 Å². The fourth-order valence-corrected chi connectivity index (χ4v) is 4.56. The van der Waals surface area contributed by atoms with E-state index < -0.39 is 11.0 Å². The monoisotopic (exact) mass is 368 g/mol. The van der Waals surface area contributed by atoms with Gasteiger partial charge >= 0.3 is 0 Å². The molecule has 0 spiro atoms. The lowest BCUT2D eigenvalue weighted by molar-refractivity contribution is -0.121. The molecule has 2 aliphatic rings. The number of carbonyl (C=O) groups excluding carboxylic acids is 1. The summed E-state index contributed by atoms with van der Waals surface area (Å²) in [7, 11) is -0.954. The van der Waals surface area contributed by atoms with Gasteiger partial charge in [0.15, 0.2) is 0 Å². The molecular weight excluding hydrogens is 332 g/mol. The highest BCUT2D eigenvalue weighted by Gasteiger charge is 2.22. The van der Waals surface area contributed by atoms with Crippen molar-refractivity contribution in [2.75, 3.05) is 6.54 Å². The number of carbonyl (C=O) groups is 1. The Balaban J connectivity index is 1.57. The molecule has 2 rings (SSSR count). The molecule has 0 bridgehead atoms. The number of allylic oxidation sites excluding steroid dienone is 1. The molecule has 0 radical (unpaired) electrons. The second kappa shape index (κ2) is 11.1. The fourth-order valence-electron chi connectivity index (χ4n) is 3.88. The molecule has 0 saturated heterocycles. The van der Waals surface area contributed by atoms with Crippen molar-refractivity contribution in [1.29, 1.82) is 0 Å². The minimum absolute atomic E-state index is 0.140. The Morgan fingerprint density at radius 3 is 2.60 bits per heavy atom. The number of hydrogen-bond acceptors (Lipinski definition) is 2. The average Bonchev–Trinajstić information content (AvgIpc) is 2.62. The highest BCUT2D eigenvalue weighted by molar-refractivity contribution is 7.83. The summed E-state index contributed by atoms with van der Waals surface area (Å²) in [4.78, 5) is 12.1. The van der Waals surface area contributed by atoms with E-state index in [1.54, 1.807) is 5.57 Å². The van der Waals surface area contributed by atoms with E-state index >= 15 is 0 Å². The maximum Gasteiger partial charge on any atom is 0.220 e. The van der Waals surface area contributed by atoms with Crippen LogP contribution in [-0.2, 0) is 15.8 Å². The van der Waals surface area contributed by atoms with Crippen molar-refractivity contribution in [2.24, 2.45) is 5.92 Å². The third kappa shape index (κ3) is 7.61.